The van der Waals surface area contributed by atoms with Crippen molar-refractivity contribution in [3.63, 3.8) is 0 Å². The van der Waals surface area contributed by atoms with Gasteiger partial charge in [-0.05, 0) is 49.8 Å². The normalized spacial score (nSPS) is 22.4. The monoisotopic (exact) mass is 253 g/mol. The third-order valence-corrected chi connectivity index (χ3v) is 3.50. The summed E-state index contributed by atoms with van der Waals surface area (Å²) >= 11 is 5.85. The van der Waals surface area contributed by atoms with E-state index in [1.54, 1.807) is 0 Å². The second-order valence-corrected chi connectivity index (χ2v) is 5.25. The zero-order chi connectivity index (χ0) is 12.1. The van der Waals surface area contributed by atoms with Gasteiger partial charge < -0.3 is 10.5 Å². The van der Waals surface area contributed by atoms with Crippen LogP contribution in [-0.2, 0) is 11.2 Å². The molecule has 2 unspecified atom stereocenters. The molecule has 1 aliphatic rings. The molecular weight excluding hydrogens is 234 g/mol. The van der Waals surface area contributed by atoms with Crippen molar-refractivity contribution in [2.45, 2.75) is 44.2 Å². The third kappa shape index (κ3) is 4.30. The molecule has 1 aromatic carbocycles. The van der Waals surface area contributed by atoms with Crippen molar-refractivity contribution in [1.82, 2.24) is 0 Å². The van der Waals surface area contributed by atoms with Gasteiger partial charge in [0.25, 0.3) is 0 Å². The highest BCUT2D eigenvalue weighted by Gasteiger charge is 2.17. The van der Waals surface area contributed by atoms with Crippen molar-refractivity contribution in [1.29, 1.82) is 0 Å². The maximum absolute atomic E-state index is 6.16. The minimum absolute atomic E-state index is 0.180. The molecule has 2 atom stereocenters. The molecule has 0 amide bonds. The molecule has 0 spiro atoms. The number of halogens is 1. The summed E-state index contributed by atoms with van der Waals surface area (Å²) in [4.78, 5) is 0. The largest absolute Gasteiger partial charge is 0.378 e. The molecule has 0 bridgehead atoms. The van der Waals surface area contributed by atoms with Gasteiger partial charge in [-0.1, -0.05) is 23.7 Å². The van der Waals surface area contributed by atoms with E-state index < -0.39 is 0 Å². The molecule has 1 saturated heterocycles. The van der Waals surface area contributed by atoms with E-state index in [1.165, 1.54) is 18.4 Å². The lowest BCUT2D eigenvalue weighted by atomic mass is 9.97. The quantitative estimate of drug-likeness (QED) is 0.895. The van der Waals surface area contributed by atoms with Gasteiger partial charge in [0.2, 0.25) is 0 Å². The molecule has 0 aromatic heterocycles. The third-order valence-electron chi connectivity index (χ3n) is 3.25. The molecule has 1 aliphatic heterocycles. The first-order valence-electron chi connectivity index (χ1n) is 6.35. The van der Waals surface area contributed by atoms with Crippen LogP contribution in [0.25, 0.3) is 0 Å². The molecule has 2 rings (SSSR count). The molecule has 17 heavy (non-hydrogen) atoms. The number of nitrogens with two attached hydrogens (primary N) is 1. The van der Waals surface area contributed by atoms with Crippen molar-refractivity contribution in [3.8, 4) is 0 Å². The fourth-order valence-corrected chi connectivity index (χ4v) is 2.46. The molecule has 0 saturated carbocycles. The summed E-state index contributed by atoms with van der Waals surface area (Å²) < 4.78 is 5.70. The van der Waals surface area contributed by atoms with E-state index in [-0.39, 0.29) is 6.04 Å². The van der Waals surface area contributed by atoms with Crippen LogP contribution in [0.4, 0.5) is 0 Å². The van der Waals surface area contributed by atoms with Crippen LogP contribution < -0.4 is 5.73 Å². The average Bonchev–Trinajstić information content (AvgIpc) is 2.33. The van der Waals surface area contributed by atoms with E-state index in [1.807, 2.05) is 24.3 Å². The van der Waals surface area contributed by atoms with Crippen LogP contribution in [0.3, 0.4) is 0 Å². The maximum atomic E-state index is 6.16. The summed E-state index contributed by atoms with van der Waals surface area (Å²) in [6, 6.07) is 8.11. The molecule has 1 aromatic rings. The first-order chi connectivity index (χ1) is 8.24. The van der Waals surface area contributed by atoms with E-state index in [9.17, 15) is 0 Å². The Labute approximate surface area is 108 Å². The lowest BCUT2D eigenvalue weighted by molar-refractivity contribution is 0.00747. The van der Waals surface area contributed by atoms with E-state index in [0.717, 1.165) is 30.9 Å². The summed E-state index contributed by atoms with van der Waals surface area (Å²) in [6.07, 6.45) is 5.86. The van der Waals surface area contributed by atoms with Gasteiger partial charge in [-0.25, -0.2) is 0 Å². The molecule has 94 valence electrons. The zero-order valence-electron chi connectivity index (χ0n) is 10.1. The van der Waals surface area contributed by atoms with Crippen LogP contribution in [0, 0.1) is 0 Å². The van der Waals surface area contributed by atoms with Crippen molar-refractivity contribution >= 4 is 11.6 Å². The molecular formula is C14H20ClNO. The highest BCUT2D eigenvalue weighted by atomic mass is 35.5. The van der Waals surface area contributed by atoms with Crippen molar-refractivity contribution in [3.05, 3.63) is 34.9 Å². The fraction of sp³-hybridized carbons (Fsp3) is 0.571. The Balaban J connectivity index is 1.79. The van der Waals surface area contributed by atoms with Crippen molar-refractivity contribution in [2.24, 2.45) is 5.73 Å². The zero-order valence-corrected chi connectivity index (χ0v) is 10.8. The Morgan fingerprint density at radius 3 is 2.71 bits per heavy atom. The number of rotatable bonds is 4. The highest BCUT2D eigenvalue weighted by molar-refractivity contribution is 6.30. The molecule has 0 radical (unpaired) electrons. The van der Waals surface area contributed by atoms with Crippen LogP contribution in [-0.4, -0.2) is 18.8 Å². The standard InChI is InChI=1S/C14H20ClNO/c15-12-6-4-11(5-7-12)9-13(16)10-14-3-1-2-8-17-14/h4-7,13-14H,1-3,8-10,16H2. The number of benzene rings is 1. The van der Waals surface area contributed by atoms with Gasteiger partial charge in [0.1, 0.15) is 0 Å². The van der Waals surface area contributed by atoms with Crippen LogP contribution in [0.1, 0.15) is 31.2 Å². The molecule has 2 nitrogen and oxygen atoms in total. The SMILES string of the molecule is NC(Cc1ccc(Cl)cc1)CC1CCCCO1. The second-order valence-electron chi connectivity index (χ2n) is 4.81. The maximum Gasteiger partial charge on any atom is 0.0590 e. The van der Waals surface area contributed by atoms with Crippen LogP contribution in [0.2, 0.25) is 5.02 Å². The summed E-state index contributed by atoms with van der Waals surface area (Å²) in [5, 5.41) is 0.776. The van der Waals surface area contributed by atoms with Gasteiger partial charge in [-0.15, -0.1) is 0 Å². The first kappa shape index (κ1) is 12.9. The highest BCUT2D eigenvalue weighted by Crippen LogP contribution is 2.18. The molecule has 1 heterocycles. The van der Waals surface area contributed by atoms with Crippen LogP contribution >= 0.6 is 11.6 Å². The average molecular weight is 254 g/mol. The second kappa shape index (κ2) is 6.39. The molecule has 1 fully saturated rings. The van der Waals surface area contributed by atoms with E-state index in [4.69, 9.17) is 22.1 Å². The van der Waals surface area contributed by atoms with Gasteiger partial charge in [0.15, 0.2) is 0 Å². The summed E-state index contributed by atoms with van der Waals surface area (Å²) in [5.74, 6) is 0. The first-order valence-corrected chi connectivity index (χ1v) is 6.73. The number of hydrogen-bond acceptors (Lipinski definition) is 2. The predicted octanol–water partition coefficient (Wildman–Crippen LogP) is 3.17. The fourth-order valence-electron chi connectivity index (χ4n) is 2.34. The predicted molar refractivity (Wildman–Crippen MR) is 71.3 cm³/mol. The van der Waals surface area contributed by atoms with Gasteiger partial charge in [-0.2, -0.15) is 0 Å². The Morgan fingerprint density at radius 2 is 2.06 bits per heavy atom. The van der Waals surface area contributed by atoms with Crippen LogP contribution in [0.15, 0.2) is 24.3 Å². The van der Waals surface area contributed by atoms with E-state index in [0.29, 0.717) is 6.10 Å². The van der Waals surface area contributed by atoms with Gasteiger partial charge in [0.05, 0.1) is 6.10 Å². The lowest BCUT2D eigenvalue weighted by Crippen LogP contribution is -2.31. The molecule has 2 N–H and O–H groups in total. The Bertz CT molecular complexity index is 333. The van der Waals surface area contributed by atoms with Crippen molar-refractivity contribution in [2.75, 3.05) is 6.61 Å². The van der Waals surface area contributed by atoms with Crippen LogP contribution in [0.5, 0.6) is 0 Å². The topological polar surface area (TPSA) is 35.2 Å². The van der Waals surface area contributed by atoms with Crippen molar-refractivity contribution < 1.29 is 4.74 Å². The Morgan fingerprint density at radius 1 is 1.29 bits per heavy atom. The Kier molecular flexibility index (Phi) is 4.84. The smallest absolute Gasteiger partial charge is 0.0590 e. The molecule has 3 heteroatoms. The Hall–Kier alpha value is -0.570. The summed E-state index contributed by atoms with van der Waals surface area (Å²) in [5.41, 5.74) is 7.41. The minimum Gasteiger partial charge on any atom is -0.378 e. The van der Waals surface area contributed by atoms with Gasteiger partial charge in [0, 0.05) is 17.7 Å². The molecule has 0 aliphatic carbocycles. The summed E-state index contributed by atoms with van der Waals surface area (Å²) in [6.45, 7) is 0.901. The lowest BCUT2D eigenvalue weighted by Gasteiger charge is -2.25. The number of ether oxygens (including phenoxy) is 1. The summed E-state index contributed by atoms with van der Waals surface area (Å²) in [7, 11) is 0. The van der Waals surface area contributed by atoms with E-state index >= 15 is 0 Å². The number of hydrogen-bond donors (Lipinski definition) is 1. The van der Waals surface area contributed by atoms with Gasteiger partial charge in [-0.3, -0.25) is 0 Å². The van der Waals surface area contributed by atoms with Gasteiger partial charge >= 0.3 is 0 Å². The minimum atomic E-state index is 0.180. The van der Waals surface area contributed by atoms with E-state index in [2.05, 4.69) is 0 Å².